The van der Waals surface area contributed by atoms with Crippen molar-refractivity contribution in [3.05, 3.63) is 33.7 Å². The number of aryl methyl sites for hydroxylation is 2. The minimum atomic E-state index is -0.420. The molecule has 114 valence electrons. The highest BCUT2D eigenvalue weighted by Gasteiger charge is 2.28. The lowest BCUT2D eigenvalue weighted by molar-refractivity contribution is -0.384. The van der Waals surface area contributed by atoms with Gasteiger partial charge in [0.05, 0.1) is 11.1 Å². The van der Waals surface area contributed by atoms with E-state index in [0.29, 0.717) is 23.2 Å². The van der Waals surface area contributed by atoms with E-state index in [1.807, 2.05) is 20.8 Å². The van der Waals surface area contributed by atoms with Crippen molar-refractivity contribution in [2.45, 2.75) is 46.7 Å². The van der Waals surface area contributed by atoms with Gasteiger partial charge in [-0.1, -0.05) is 0 Å². The zero-order valence-electron chi connectivity index (χ0n) is 12.7. The van der Waals surface area contributed by atoms with Crippen LogP contribution < -0.4 is 5.32 Å². The first-order valence-electron chi connectivity index (χ1n) is 6.73. The Balaban J connectivity index is 2.40. The van der Waals surface area contributed by atoms with E-state index in [1.165, 1.54) is 0 Å². The number of hydrogen-bond donors (Lipinski definition) is 1. The number of rotatable bonds is 5. The molecule has 0 aromatic carbocycles. The lowest BCUT2D eigenvalue weighted by Gasteiger charge is -2.15. The van der Waals surface area contributed by atoms with E-state index in [0.717, 1.165) is 0 Å². The number of oxazole rings is 1. The fourth-order valence-corrected chi connectivity index (χ4v) is 2.10. The van der Waals surface area contributed by atoms with E-state index in [4.69, 9.17) is 4.42 Å². The van der Waals surface area contributed by atoms with E-state index in [9.17, 15) is 10.1 Å². The standard InChI is InChI=1S/C13H19N5O3/c1-7(2)17-12(11(18(19)20)9(4)16-17)15-10(5)13-14-6-8(3)21-13/h6-7,10,15H,1-5H3. The molecule has 1 N–H and O–H groups in total. The maximum absolute atomic E-state index is 11.3. The van der Waals surface area contributed by atoms with E-state index in [-0.39, 0.29) is 17.8 Å². The Labute approximate surface area is 122 Å². The van der Waals surface area contributed by atoms with Crippen molar-refractivity contribution in [1.29, 1.82) is 0 Å². The molecule has 0 aliphatic heterocycles. The van der Waals surface area contributed by atoms with Crippen LogP contribution in [0.1, 0.15) is 50.2 Å². The van der Waals surface area contributed by atoms with Crippen molar-refractivity contribution in [2.24, 2.45) is 0 Å². The summed E-state index contributed by atoms with van der Waals surface area (Å²) in [6.07, 6.45) is 1.62. The van der Waals surface area contributed by atoms with Gasteiger partial charge in [-0.05, 0) is 34.6 Å². The van der Waals surface area contributed by atoms with Gasteiger partial charge in [0.2, 0.25) is 11.7 Å². The summed E-state index contributed by atoms with van der Waals surface area (Å²) in [6.45, 7) is 9.10. The predicted octanol–water partition coefficient (Wildman–Crippen LogP) is 3.15. The Morgan fingerprint density at radius 3 is 2.52 bits per heavy atom. The SMILES string of the molecule is Cc1cnc(C(C)Nc2c([N+](=O)[O-])c(C)nn2C(C)C)o1. The molecule has 0 spiro atoms. The van der Waals surface area contributed by atoms with Crippen LogP contribution in [0.5, 0.6) is 0 Å². The van der Waals surface area contributed by atoms with Crippen molar-refractivity contribution in [1.82, 2.24) is 14.8 Å². The van der Waals surface area contributed by atoms with Crippen LogP contribution in [0.25, 0.3) is 0 Å². The maximum Gasteiger partial charge on any atom is 0.333 e. The van der Waals surface area contributed by atoms with Crippen LogP contribution >= 0.6 is 0 Å². The summed E-state index contributed by atoms with van der Waals surface area (Å²) in [7, 11) is 0. The van der Waals surface area contributed by atoms with E-state index in [2.05, 4.69) is 15.4 Å². The molecule has 0 aliphatic rings. The third kappa shape index (κ3) is 2.88. The summed E-state index contributed by atoms with van der Waals surface area (Å²) >= 11 is 0. The highest BCUT2D eigenvalue weighted by molar-refractivity contribution is 5.60. The van der Waals surface area contributed by atoms with Gasteiger partial charge in [-0.2, -0.15) is 5.10 Å². The van der Waals surface area contributed by atoms with Crippen LogP contribution in [0, 0.1) is 24.0 Å². The van der Waals surface area contributed by atoms with Crippen LogP contribution in [0.2, 0.25) is 0 Å². The Morgan fingerprint density at radius 2 is 2.05 bits per heavy atom. The van der Waals surface area contributed by atoms with Gasteiger partial charge in [0, 0.05) is 6.04 Å². The number of anilines is 1. The van der Waals surface area contributed by atoms with Gasteiger partial charge in [-0.3, -0.25) is 10.1 Å². The van der Waals surface area contributed by atoms with Gasteiger partial charge in [0.25, 0.3) is 0 Å². The molecule has 1 atom stereocenters. The summed E-state index contributed by atoms with van der Waals surface area (Å²) in [5.41, 5.74) is 0.366. The molecule has 2 aromatic rings. The minimum Gasteiger partial charge on any atom is -0.444 e. The zero-order valence-corrected chi connectivity index (χ0v) is 12.7. The zero-order chi connectivity index (χ0) is 15.7. The van der Waals surface area contributed by atoms with Crippen LogP contribution in [0.15, 0.2) is 10.6 Å². The number of nitrogens with zero attached hydrogens (tertiary/aromatic N) is 4. The molecule has 0 fully saturated rings. The molecule has 1 unspecified atom stereocenters. The molecule has 0 saturated carbocycles. The van der Waals surface area contributed by atoms with Crippen LogP contribution in [0.3, 0.4) is 0 Å². The third-order valence-corrected chi connectivity index (χ3v) is 3.09. The summed E-state index contributed by atoms with van der Waals surface area (Å²) < 4.78 is 7.06. The van der Waals surface area contributed by atoms with Crippen LogP contribution in [-0.2, 0) is 0 Å². The Bertz CT molecular complexity index is 659. The van der Waals surface area contributed by atoms with Crippen molar-refractivity contribution < 1.29 is 9.34 Å². The molecular formula is C13H19N5O3. The van der Waals surface area contributed by atoms with Crippen molar-refractivity contribution >= 4 is 11.5 Å². The van der Waals surface area contributed by atoms with Crippen molar-refractivity contribution in [3.8, 4) is 0 Å². The van der Waals surface area contributed by atoms with Crippen LogP contribution in [-0.4, -0.2) is 19.7 Å². The van der Waals surface area contributed by atoms with Gasteiger partial charge in [0.1, 0.15) is 17.5 Å². The summed E-state index contributed by atoms with van der Waals surface area (Å²) in [6, 6.07) is -0.301. The summed E-state index contributed by atoms with van der Waals surface area (Å²) in [4.78, 5) is 15.0. The Hall–Kier alpha value is -2.38. The maximum atomic E-state index is 11.3. The molecule has 2 heterocycles. The average molecular weight is 293 g/mol. The van der Waals surface area contributed by atoms with Gasteiger partial charge in [-0.25, -0.2) is 9.67 Å². The van der Waals surface area contributed by atoms with Crippen LogP contribution in [0.4, 0.5) is 11.5 Å². The van der Waals surface area contributed by atoms with Crippen molar-refractivity contribution in [3.63, 3.8) is 0 Å². The Kier molecular flexibility index (Phi) is 3.97. The topological polar surface area (TPSA) is 99.0 Å². The first-order valence-corrected chi connectivity index (χ1v) is 6.73. The molecule has 0 bridgehead atoms. The molecule has 0 radical (unpaired) electrons. The summed E-state index contributed by atoms with van der Waals surface area (Å²) in [5.74, 6) is 1.55. The lowest BCUT2D eigenvalue weighted by atomic mass is 10.3. The predicted molar refractivity (Wildman–Crippen MR) is 77.3 cm³/mol. The van der Waals surface area contributed by atoms with E-state index >= 15 is 0 Å². The van der Waals surface area contributed by atoms with E-state index in [1.54, 1.807) is 24.7 Å². The fraction of sp³-hybridized carbons (Fsp3) is 0.538. The second-order valence-electron chi connectivity index (χ2n) is 5.25. The molecule has 0 aliphatic carbocycles. The van der Waals surface area contributed by atoms with Crippen molar-refractivity contribution in [2.75, 3.05) is 5.32 Å². The smallest absolute Gasteiger partial charge is 0.333 e. The molecule has 8 heteroatoms. The van der Waals surface area contributed by atoms with Gasteiger partial charge in [0.15, 0.2) is 0 Å². The summed E-state index contributed by atoms with van der Waals surface area (Å²) in [5, 5.41) is 18.6. The second kappa shape index (κ2) is 5.55. The largest absolute Gasteiger partial charge is 0.444 e. The first-order chi connectivity index (χ1) is 9.81. The third-order valence-electron chi connectivity index (χ3n) is 3.09. The molecule has 2 aromatic heterocycles. The quantitative estimate of drug-likeness (QED) is 0.671. The molecule has 0 amide bonds. The van der Waals surface area contributed by atoms with Gasteiger partial charge < -0.3 is 9.73 Å². The monoisotopic (exact) mass is 293 g/mol. The highest BCUT2D eigenvalue weighted by Crippen LogP contribution is 2.33. The minimum absolute atomic E-state index is 0.00148. The molecule has 8 nitrogen and oxygen atoms in total. The molecule has 0 saturated heterocycles. The number of nitro groups is 1. The molecule has 2 rings (SSSR count). The first kappa shape index (κ1) is 15.0. The second-order valence-corrected chi connectivity index (χ2v) is 5.25. The number of aromatic nitrogens is 3. The average Bonchev–Trinajstić information content (AvgIpc) is 2.93. The Morgan fingerprint density at radius 1 is 1.38 bits per heavy atom. The van der Waals surface area contributed by atoms with E-state index < -0.39 is 4.92 Å². The molecular weight excluding hydrogens is 274 g/mol. The normalized spacial score (nSPS) is 12.7. The number of nitrogens with one attached hydrogen (secondary N) is 1. The number of hydrogen-bond acceptors (Lipinski definition) is 6. The fourth-order valence-electron chi connectivity index (χ4n) is 2.10. The van der Waals surface area contributed by atoms with Gasteiger partial charge in [-0.15, -0.1) is 0 Å². The van der Waals surface area contributed by atoms with Gasteiger partial charge >= 0.3 is 5.69 Å². The molecule has 21 heavy (non-hydrogen) atoms. The lowest BCUT2D eigenvalue weighted by Crippen LogP contribution is -2.14. The highest BCUT2D eigenvalue weighted by atomic mass is 16.6.